The third-order valence-corrected chi connectivity index (χ3v) is 4.21. The van der Waals surface area contributed by atoms with Crippen LogP contribution >= 0.6 is 0 Å². The number of rotatable bonds is 7. The zero-order chi connectivity index (χ0) is 19.9. The average Bonchev–Trinajstić information content (AvgIpc) is 2.69. The van der Waals surface area contributed by atoms with E-state index in [0.717, 1.165) is 5.75 Å². The Hall–Kier alpha value is -3.41. The van der Waals surface area contributed by atoms with Crippen molar-refractivity contribution < 1.29 is 9.53 Å². The van der Waals surface area contributed by atoms with Crippen molar-refractivity contribution in [3.63, 3.8) is 0 Å². The van der Waals surface area contributed by atoms with Gasteiger partial charge in [-0.2, -0.15) is 0 Å². The Bertz CT molecular complexity index is 955. The van der Waals surface area contributed by atoms with E-state index < -0.39 is 0 Å². The minimum Gasteiger partial charge on any atom is -0.494 e. The van der Waals surface area contributed by atoms with E-state index in [2.05, 4.69) is 39.7 Å². The zero-order valence-corrected chi connectivity index (χ0v) is 16.3. The van der Waals surface area contributed by atoms with Crippen LogP contribution in [0.1, 0.15) is 34.4 Å². The summed E-state index contributed by atoms with van der Waals surface area (Å²) in [5.41, 5.74) is 3.38. The van der Waals surface area contributed by atoms with Crippen molar-refractivity contribution in [3.8, 4) is 5.75 Å². The molecule has 2 aromatic carbocycles. The molecule has 6 heteroatoms. The van der Waals surface area contributed by atoms with Gasteiger partial charge in [0.1, 0.15) is 23.1 Å². The van der Waals surface area contributed by atoms with Gasteiger partial charge in [0, 0.05) is 18.3 Å². The van der Waals surface area contributed by atoms with Gasteiger partial charge in [0.05, 0.1) is 6.61 Å². The molecule has 144 valence electrons. The number of benzene rings is 2. The first-order valence-electron chi connectivity index (χ1n) is 9.23. The number of carbonyl (C=O) groups is 1. The molecule has 0 saturated carbocycles. The molecular weight excluding hydrogens is 352 g/mol. The van der Waals surface area contributed by atoms with Gasteiger partial charge in [0.25, 0.3) is 5.91 Å². The predicted octanol–water partition coefficient (Wildman–Crippen LogP) is 4.36. The van der Waals surface area contributed by atoms with Crippen molar-refractivity contribution in [2.24, 2.45) is 0 Å². The van der Waals surface area contributed by atoms with E-state index in [1.807, 2.05) is 31.2 Å². The number of aromatic nitrogens is 2. The van der Waals surface area contributed by atoms with Crippen molar-refractivity contribution in [1.82, 2.24) is 9.97 Å². The van der Waals surface area contributed by atoms with Crippen molar-refractivity contribution in [1.29, 1.82) is 0 Å². The Morgan fingerprint density at radius 2 is 1.79 bits per heavy atom. The minimum atomic E-state index is -0.284. The van der Waals surface area contributed by atoms with E-state index in [4.69, 9.17) is 4.74 Å². The van der Waals surface area contributed by atoms with Gasteiger partial charge in [-0.25, -0.2) is 9.97 Å². The van der Waals surface area contributed by atoms with E-state index in [-0.39, 0.29) is 5.91 Å². The second-order valence-corrected chi connectivity index (χ2v) is 6.38. The lowest BCUT2D eigenvalue weighted by atomic mass is 10.1. The van der Waals surface area contributed by atoms with Gasteiger partial charge in [0.2, 0.25) is 0 Å². The topological polar surface area (TPSA) is 76.1 Å². The Labute approximate surface area is 165 Å². The van der Waals surface area contributed by atoms with Crippen molar-refractivity contribution in [3.05, 3.63) is 77.2 Å². The minimum absolute atomic E-state index is 0.284. The fourth-order valence-corrected chi connectivity index (χ4v) is 2.77. The number of aryl methyl sites for hydroxylation is 2. The van der Waals surface area contributed by atoms with Crippen molar-refractivity contribution in [2.45, 2.75) is 27.3 Å². The number of ether oxygens (including phenoxy) is 1. The molecule has 2 N–H and O–H groups in total. The third kappa shape index (κ3) is 5.07. The van der Waals surface area contributed by atoms with Crippen LogP contribution < -0.4 is 15.4 Å². The van der Waals surface area contributed by atoms with E-state index >= 15 is 0 Å². The lowest BCUT2D eigenvalue weighted by Crippen LogP contribution is -2.16. The molecule has 1 amide bonds. The molecule has 3 rings (SSSR count). The number of hydrogen-bond donors (Lipinski definition) is 2. The SMILES string of the molecule is CCOc1ccc(NC(=O)c2cc(NCc3ccccc3C)nc(C)n2)cc1. The highest BCUT2D eigenvalue weighted by atomic mass is 16.5. The van der Waals surface area contributed by atoms with Crippen LogP contribution in [-0.4, -0.2) is 22.5 Å². The summed E-state index contributed by atoms with van der Waals surface area (Å²) >= 11 is 0. The summed E-state index contributed by atoms with van der Waals surface area (Å²) in [4.78, 5) is 21.2. The summed E-state index contributed by atoms with van der Waals surface area (Å²) in [7, 11) is 0. The van der Waals surface area contributed by atoms with Crippen LogP contribution in [0, 0.1) is 13.8 Å². The average molecular weight is 376 g/mol. The van der Waals surface area contributed by atoms with Crippen molar-refractivity contribution in [2.75, 3.05) is 17.2 Å². The Morgan fingerprint density at radius 3 is 2.50 bits per heavy atom. The van der Waals surface area contributed by atoms with Crippen LogP contribution in [0.3, 0.4) is 0 Å². The van der Waals surface area contributed by atoms with Gasteiger partial charge < -0.3 is 15.4 Å². The lowest BCUT2D eigenvalue weighted by Gasteiger charge is -2.11. The number of nitrogens with one attached hydrogen (secondary N) is 2. The highest BCUT2D eigenvalue weighted by Crippen LogP contribution is 2.17. The van der Waals surface area contributed by atoms with E-state index in [9.17, 15) is 4.79 Å². The molecule has 0 aliphatic rings. The number of amides is 1. The molecule has 1 aromatic heterocycles. The summed E-state index contributed by atoms with van der Waals surface area (Å²) in [6, 6.07) is 17.0. The monoisotopic (exact) mass is 376 g/mol. The van der Waals surface area contributed by atoms with Crippen LogP contribution in [0.5, 0.6) is 5.75 Å². The normalized spacial score (nSPS) is 10.4. The molecule has 0 spiro atoms. The highest BCUT2D eigenvalue weighted by Gasteiger charge is 2.11. The molecular formula is C22H24N4O2. The first-order valence-corrected chi connectivity index (χ1v) is 9.23. The second kappa shape index (κ2) is 8.99. The molecule has 0 aliphatic carbocycles. The third-order valence-electron chi connectivity index (χ3n) is 4.21. The molecule has 0 unspecified atom stereocenters. The highest BCUT2D eigenvalue weighted by molar-refractivity contribution is 6.03. The number of hydrogen-bond acceptors (Lipinski definition) is 5. The van der Waals surface area contributed by atoms with E-state index in [1.165, 1.54) is 11.1 Å². The molecule has 0 atom stereocenters. The Kier molecular flexibility index (Phi) is 6.22. The molecule has 6 nitrogen and oxygen atoms in total. The van der Waals surface area contributed by atoms with Crippen LogP contribution in [0.2, 0.25) is 0 Å². The van der Waals surface area contributed by atoms with Gasteiger partial charge in [-0.05, 0) is 56.2 Å². The second-order valence-electron chi connectivity index (χ2n) is 6.38. The Balaban J connectivity index is 1.69. The van der Waals surface area contributed by atoms with E-state index in [1.54, 1.807) is 25.1 Å². The lowest BCUT2D eigenvalue weighted by molar-refractivity contribution is 0.102. The van der Waals surface area contributed by atoms with Crippen LogP contribution in [-0.2, 0) is 6.54 Å². The van der Waals surface area contributed by atoms with Crippen molar-refractivity contribution >= 4 is 17.4 Å². The van der Waals surface area contributed by atoms with E-state index in [0.29, 0.717) is 36.2 Å². The maximum Gasteiger partial charge on any atom is 0.274 e. The summed E-state index contributed by atoms with van der Waals surface area (Å²) in [5.74, 6) is 1.63. The number of anilines is 2. The summed E-state index contributed by atoms with van der Waals surface area (Å²) in [5, 5.41) is 6.13. The fraction of sp³-hybridized carbons (Fsp3) is 0.227. The van der Waals surface area contributed by atoms with Gasteiger partial charge in [-0.3, -0.25) is 4.79 Å². The zero-order valence-electron chi connectivity index (χ0n) is 16.3. The fourth-order valence-electron chi connectivity index (χ4n) is 2.77. The van der Waals surface area contributed by atoms with Gasteiger partial charge in [-0.15, -0.1) is 0 Å². The van der Waals surface area contributed by atoms with Gasteiger partial charge in [-0.1, -0.05) is 24.3 Å². The number of nitrogens with zero attached hydrogens (tertiary/aromatic N) is 2. The van der Waals surface area contributed by atoms with Crippen LogP contribution in [0.15, 0.2) is 54.6 Å². The molecule has 1 heterocycles. The summed E-state index contributed by atoms with van der Waals surface area (Å²) in [6.45, 7) is 7.00. The maximum absolute atomic E-state index is 12.6. The van der Waals surface area contributed by atoms with Gasteiger partial charge >= 0.3 is 0 Å². The molecule has 0 radical (unpaired) electrons. The summed E-state index contributed by atoms with van der Waals surface area (Å²) in [6.07, 6.45) is 0. The molecule has 0 saturated heterocycles. The quantitative estimate of drug-likeness (QED) is 0.641. The molecule has 0 aliphatic heterocycles. The Morgan fingerprint density at radius 1 is 1.04 bits per heavy atom. The maximum atomic E-state index is 12.6. The van der Waals surface area contributed by atoms with Crippen LogP contribution in [0.25, 0.3) is 0 Å². The predicted molar refractivity (Wildman–Crippen MR) is 111 cm³/mol. The first-order chi connectivity index (χ1) is 13.5. The summed E-state index contributed by atoms with van der Waals surface area (Å²) < 4.78 is 5.41. The largest absolute Gasteiger partial charge is 0.494 e. The molecule has 3 aromatic rings. The van der Waals surface area contributed by atoms with Gasteiger partial charge in [0.15, 0.2) is 0 Å². The molecule has 0 bridgehead atoms. The standard InChI is InChI=1S/C22H24N4O2/c1-4-28-19-11-9-18(10-12-19)26-22(27)20-13-21(25-16(3)24-20)23-14-17-8-6-5-7-15(17)2/h5-13H,4,14H2,1-3H3,(H,26,27)(H,23,24,25). The number of carbonyl (C=O) groups excluding carboxylic acids is 1. The molecule has 28 heavy (non-hydrogen) atoms. The van der Waals surface area contributed by atoms with Crippen LogP contribution in [0.4, 0.5) is 11.5 Å². The smallest absolute Gasteiger partial charge is 0.274 e. The molecule has 0 fully saturated rings. The first kappa shape index (κ1) is 19.4.